The topological polar surface area (TPSA) is 63.6 Å². The molecule has 1 aromatic carbocycles. The molecule has 0 heterocycles. The van der Waals surface area contributed by atoms with Crippen molar-refractivity contribution in [2.75, 3.05) is 6.61 Å². The van der Waals surface area contributed by atoms with Crippen LogP contribution in [0.15, 0.2) is 29.2 Å². The predicted molar refractivity (Wildman–Crippen MR) is 74.5 cm³/mol. The molecule has 0 aliphatic carbocycles. The molecule has 1 aromatic rings. The Morgan fingerprint density at radius 3 is 2.26 bits per heavy atom. The fourth-order valence-corrected chi connectivity index (χ4v) is 2.16. The lowest BCUT2D eigenvalue weighted by atomic mass is 10.2. The summed E-state index contributed by atoms with van der Waals surface area (Å²) in [6.45, 7) is 6.16. The monoisotopic (exact) mass is 282 g/mol. The van der Waals surface area contributed by atoms with Crippen molar-refractivity contribution in [1.29, 1.82) is 0 Å². The number of rotatable bonds is 6. The van der Waals surface area contributed by atoms with Gasteiger partial charge in [-0.05, 0) is 37.1 Å². The summed E-state index contributed by atoms with van der Waals surface area (Å²) in [6.07, 6.45) is 0. The van der Waals surface area contributed by atoms with Crippen molar-refractivity contribution in [2.45, 2.75) is 30.9 Å². The standard InChI is InChI=1S/C14H18O4S/c1-9(2)8-18-14(17)10(3)19-12-6-4-11(5-7-12)13(15)16/h4-7,9-10H,8H2,1-3H3,(H,15,16). The largest absolute Gasteiger partial charge is 0.478 e. The first-order valence-corrected chi connectivity index (χ1v) is 6.94. The summed E-state index contributed by atoms with van der Waals surface area (Å²) < 4.78 is 5.15. The number of hydrogen-bond donors (Lipinski definition) is 1. The van der Waals surface area contributed by atoms with Crippen LogP contribution in [-0.4, -0.2) is 28.9 Å². The first-order chi connectivity index (χ1) is 8.90. The molecule has 0 bridgehead atoms. The molecule has 0 aromatic heterocycles. The third-order valence-corrected chi connectivity index (χ3v) is 3.40. The van der Waals surface area contributed by atoms with Crippen LogP contribution in [0.4, 0.5) is 0 Å². The highest BCUT2D eigenvalue weighted by molar-refractivity contribution is 8.00. The first kappa shape index (κ1) is 15.6. The second-order valence-electron chi connectivity index (χ2n) is 4.61. The average Bonchev–Trinajstić information content (AvgIpc) is 2.36. The molecule has 1 N–H and O–H groups in total. The van der Waals surface area contributed by atoms with E-state index in [-0.39, 0.29) is 16.8 Å². The lowest BCUT2D eigenvalue weighted by Crippen LogP contribution is -2.19. The number of benzene rings is 1. The van der Waals surface area contributed by atoms with Crippen LogP contribution in [0.25, 0.3) is 0 Å². The van der Waals surface area contributed by atoms with Crippen molar-refractivity contribution in [1.82, 2.24) is 0 Å². The number of ether oxygens (including phenoxy) is 1. The van der Waals surface area contributed by atoms with Crippen molar-refractivity contribution in [3.05, 3.63) is 29.8 Å². The molecular weight excluding hydrogens is 264 g/mol. The van der Waals surface area contributed by atoms with Gasteiger partial charge in [-0.3, -0.25) is 4.79 Å². The smallest absolute Gasteiger partial charge is 0.335 e. The van der Waals surface area contributed by atoms with E-state index in [1.54, 1.807) is 19.1 Å². The van der Waals surface area contributed by atoms with Crippen molar-refractivity contribution in [2.24, 2.45) is 5.92 Å². The number of carboxylic acids is 1. The number of thioether (sulfide) groups is 1. The average molecular weight is 282 g/mol. The van der Waals surface area contributed by atoms with Crippen molar-refractivity contribution >= 4 is 23.7 Å². The van der Waals surface area contributed by atoms with E-state index in [2.05, 4.69) is 0 Å². The van der Waals surface area contributed by atoms with Crippen molar-refractivity contribution < 1.29 is 19.4 Å². The van der Waals surface area contributed by atoms with Crippen LogP contribution in [0.5, 0.6) is 0 Å². The van der Waals surface area contributed by atoms with Gasteiger partial charge in [0.25, 0.3) is 0 Å². The summed E-state index contributed by atoms with van der Waals surface area (Å²) >= 11 is 1.36. The van der Waals surface area contributed by atoms with E-state index in [0.29, 0.717) is 12.5 Å². The van der Waals surface area contributed by atoms with Crippen LogP contribution in [-0.2, 0) is 9.53 Å². The molecule has 0 radical (unpaired) electrons. The molecule has 104 valence electrons. The number of aromatic carboxylic acids is 1. The van der Waals surface area contributed by atoms with E-state index < -0.39 is 5.97 Å². The van der Waals surface area contributed by atoms with Gasteiger partial charge in [0.05, 0.1) is 12.2 Å². The first-order valence-electron chi connectivity index (χ1n) is 6.06. The molecule has 4 nitrogen and oxygen atoms in total. The Hall–Kier alpha value is -1.49. The SMILES string of the molecule is CC(C)COC(=O)C(C)Sc1ccc(C(=O)O)cc1. The number of carboxylic acid groups (broad SMARTS) is 1. The number of esters is 1. The van der Waals surface area contributed by atoms with E-state index in [0.717, 1.165) is 4.90 Å². The Balaban J connectivity index is 2.54. The Morgan fingerprint density at radius 2 is 1.79 bits per heavy atom. The summed E-state index contributed by atoms with van der Waals surface area (Å²) in [6, 6.07) is 6.44. The molecule has 0 spiro atoms. The van der Waals surface area contributed by atoms with E-state index in [9.17, 15) is 9.59 Å². The van der Waals surface area contributed by atoms with Gasteiger partial charge in [0, 0.05) is 4.90 Å². The molecule has 0 saturated carbocycles. The van der Waals surface area contributed by atoms with Gasteiger partial charge in [0.15, 0.2) is 0 Å². The molecule has 0 amide bonds. The maximum atomic E-state index is 11.7. The fraction of sp³-hybridized carbons (Fsp3) is 0.429. The predicted octanol–water partition coefficient (Wildman–Crippen LogP) is 3.06. The van der Waals surface area contributed by atoms with Crippen LogP contribution < -0.4 is 0 Å². The fourth-order valence-electron chi connectivity index (χ4n) is 1.29. The summed E-state index contributed by atoms with van der Waals surface area (Å²) in [5.74, 6) is -0.891. The molecule has 19 heavy (non-hydrogen) atoms. The third-order valence-electron chi connectivity index (χ3n) is 2.30. The highest BCUT2D eigenvalue weighted by Gasteiger charge is 2.16. The highest BCUT2D eigenvalue weighted by atomic mass is 32.2. The van der Waals surface area contributed by atoms with Crippen LogP contribution in [0.2, 0.25) is 0 Å². The number of carbonyl (C=O) groups is 2. The summed E-state index contributed by atoms with van der Waals surface area (Å²) in [5, 5.41) is 8.48. The van der Waals surface area contributed by atoms with E-state index in [1.807, 2.05) is 13.8 Å². The number of carbonyl (C=O) groups excluding carboxylic acids is 1. The zero-order valence-electron chi connectivity index (χ0n) is 11.3. The minimum absolute atomic E-state index is 0.236. The minimum Gasteiger partial charge on any atom is -0.478 e. The Labute approximate surface area is 117 Å². The number of hydrogen-bond acceptors (Lipinski definition) is 4. The van der Waals surface area contributed by atoms with Gasteiger partial charge in [0.1, 0.15) is 5.25 Å². The minimum atomic E-state index is -0.957. The Kier molecular flexibility index (Phi) is 5.89. The summed E-state index contributed by atoms with van der Waals surface area (Å²) in [7, 11) is 0. The molecule has 0 saturated heterocycles. The van der Waals surface area contributed by atoms with E-state index >= 15 is 0 Å². The van der Waals surface area contributed by atoms with Crippen LogP contribution in [0.1, 0.15) is 31.1 Å². The lowest BCUT2D eigenvalue weighted by molar-refractivity contribution is -0.143. The van der Waals surface area contributed by atoms with Gasteiger partial charge < -0.3 is 9.84 Å². The van der Waals surface area contributed by atoms with E-state index in [4.69, 9.17) is 9.84 Å². The zero-order chi connectivity index (χ0) is 14.4. The molecule has 0 aliphatic heterocycles. The van der Waals surface area contributed by atoms with Gasteiger partial charge in [-0.2, -0.15) is 0 Å². The normalized spacial score (nSPS) is 12.2. The van der Waals surface area contributed by atoms with Crippen LogP contribution >= 0.6 is 11.8 Å². The summed E-state index contributed by atoms with van der Waals surface area (Å²) in [5.41, 5.74) is 0.236. The quantitative estimate of drug-likeness (QED) is 0.641. The molecule has 0 fully saturated rings. The van der Waals surface area contributed by atoms with Gasteiger partial charge >= 0.3 is 11.9 Å². The molecule has 1 atom stereocenters. The highest BCUT2D eigenvalue weighted by Crippen LogP contribution is 2.24. The maximum absolute atomic E-state index is 11.7. The molecule has 5 heteroatoms. The van der Waals surface area contributed by atoms with Gasteiger partial charge in [-0.25, -0.2) is 4.79 Å². The van der Waals surface area contributed by atoms with Crippen molar-refractivity contribution in [3.8, 4) is 0 Å². The Morgan fingerprint density at radius 1 is 1.21 bits per heavy atom. The van der Waals surface area contributed by atoms with Gasteiger partial charge in [0.2, 0.25) is 0 Å². The van der Waals surface area contributed by atoms with Crippen molar-refractivity contribution in [3.63, 3.8) is 0 Å². The van der Waals surface area contributed by atoms with Gasteiger partial charge in [-0.1, -0.05) is 13.8 Å². The van der Waals surface area contributed by atoms with Crippen LogP contribution in [0, 0.1) is 5.92 Å². The van der Waals surface area contributed by atoms with Gasteiger partial charge in [-0.15, -0.1) is 11.8 Å². The third kappa shape index (κ3) is 5.34. The lowest BCUT2D eigenvalue weighted by Gasteiger charge is -2.12. The zero-order valence-corrected chi connectivity index (χ0v) is 12.1. The second-order valence-corrected chi connectivity index (χ2v) is 6.03. The summed E-state index contributed by atoms with van der Waals surface area (Å²) in [4.78, 5) is 23.2. The molecule has 1 rings (SSSR count). The maximum Gasteiger partial charge on any atom is 0.335 e. The molecule has 0 aliphatic rings. The Bertz CT molecular complexity index is 439. The molecular formula is C14H18O4S. The van der Waals surface area contributed by atoms with E-state index in [1.165, 1.54) is 23.9 Å². The van der Waals surface area contributed by atoms with Crippen LogP contribution in [0.3, 0.4) is 0 Å². The molecule has 1 unspecified atom stereocenters. The second kappa shape index (κ2) is 7.19.